The summed E-state index contributed by atoms with van der Waals surface area (Å²) in [6, 6.07) is 11.0. The van der Waals surface area contributed by atoms with E-state index in [2.05, 4.69) is 11.9 Å². The Morgan fingerprint density at radius 3 is 2.04 bits per heavy atom. The number of hydrogen-bond acceptors (Lipinski definition) is 6. The van der Waals surface area contributed by atoms with Crippen molar-refractivity contribution in [3.8, 4) is 5.75 Å². The molecule has 2 N–H and O–H groups in total. The normalized spacial score (nSPS) is 11.6. The van der Waals surface area contributed by atoms with Gasteiger partial charge >= 0.3 is 0 Å². The van der Waals surface area contributed by atoms with E-state index in [0.717, 1.165) is 0 Å². The number of carbonyl (C=O) groups is 1. The Hall–Kier alpha value is -2.69. The standard InChI is InChI=1S/C17H18N2O6S2/c1-12(2)17(20)18-13-8-4-6-10-15(13)26(21,22)19-27(23,24)16-11-7-5-9-14(16)25-3/h4-11,19H,1H2,2-3H3,(H,18,20). The van der Waals surface area contributed by atoms with Crippen LogP contribution in [-0.4, -0.2) is 29.9 Å². The lowest BCUT2D eigenvalue weighted by Gasteiger charge is -2.14. The molecule has 0 bridgehead atoms. The fourth-order valence-electron chi connectivity index (χ4n) is 2.11. The van der Waals surface area contributed by atoms with Crippen LogP contribution in [0.4, 0.5) is 5.69 Å². The predicted octanol–water partition coefficient (Wildman–Crippen LogP) is 1.88. The average molecular weight is 410 g/mol. The maximum Gasteiger partial charge on any atom is 0.257 e. The topological polar surface area (TPSA) is 119 Å². The van der Waals surface area contributed by atoms with Crippen LogP contribution in [0.25, 0.3) is 0 Å². The van der Waals surface area contributed by atoms with Gasteiger partial charge in [-0.25, -0.2) is 16.8 Å². The van der Waals surface area contributed by atoms with Crippen LogP contribution in [0.3, 0.4) is 0 Å². The maximum atomic E-state index is 12.7. The quantitative estimate of drug-likeness (QED) is 0.673. The summed E-state index contributed by atoms with van der Waals surface area (Å²) in [5.41, 5.74) is 0.0880. The molecule has 0 saturated heterocycles. The third kappa shape index (κ3) is 4.73. The Labute approximate surface area is 158 Å². The summed E-state index contributed by atoms with van der Waals surface area (Å²) >= 11 is 0. The molecule has 8 nitrogen and oxygen atoms in total. The highest BCUT2D eigenvalue weighted by atomic mass is 32.3. The van der Waals surface area contributed by atoms with Crippen molar-refractivity contribution < 1.29 is 26.4 Å². The second-order valence-electron chi connectivity index (χ2n) is 5.47. The lowest BCUT2D eigenvalue weighted by Crippen LogP contribution is -2.31. The van der Waals surface area contributed by atoms with Gasteiger partial charge in [0.05, 0.1) is 12.8 Å². The van der Waals surface area contributed by atoms with E-state index >= 15 is 0 Å². The molecule has 0 atom stereocenters. The van der Waals surface area contributed by atoms with Crippen LogP contribution in [-0.2, 0) is 24.8 Å². The van der Waals surface area contributed by atoms with Gasteiger partial charge in [0.25, 0.3) is 26.0 Å². The van der Waals surface area contributed by atoms with Crippen LogP contribution < -0.4 is 14.2 Å². The molecule has 27 heavy (non-hydrogen) atoms. The monoisotopic (exact) mass is 410 g/mol. The number of carbonyl (C=O) groups excluding carboxylic acids is 1. The maximum absolute atomic E-state index is 12.7. The Bertz CT molecular complexity index is 1090. The predicted molar refractivity (Wildman–Crippen MR) is 100 cm³/mol. The fraction of sp³-hybridized carbons (Fsp3) is 0.118. The summed E-state index contributed by atoms with van der Waals surface area (Å²) in [5, 5.41) is 2.39. The van der Waals surface area contributed by atoms with E-state index < -0.39 is 30.8 Å². The molecule has 0 heterocycles. The molecule has 0 aliphatic rings. The van der Waals surface area contributed by atoms with Crippen molar-refractivity contribution >= 4 is 31.6 Å². The molecule has 0 aliphatic heterocycles. The van der Waals surface area contributed by atoms with Gasteiger partial charge in [-0.1, -0.05) is 30.8 Å². The van der Waals surface area contributed by atoms with Gasteiger partial charge in [0.1, 0.15) is 15.5 Å². The van der Waals surface area contributed by atoms with Gasteiger partial charge in [-0.2, -0.15) is 0 Å². The van der Waals surface area contributed by atoms with E-state index in [0.29, 0.717) is 0 Å². The SMILES string of the molecule is C=C(C)C(=O)Nc1ccccc1S(=O)(=O)NS(=O)(=O)c1ccccc1OC. The lowest BCUT2D eigenvalue weighted by atomic mass is 10.3. The van der Waals surface area contributed by atoms with Crippen molar-refractivity contribution in [1.82, 2.24) is 4.13 Å². The molecule has 2 aromatic rings. The van der Waals surface area contributed by atoms with Crippen molar-refractivity contribution in [2.45, 2.75) is 16.7 Å². The van der Waals surface area contributed by atoms with Gasteiger partial charge in [-0.3, -0.25) is 4.79 Å². The van der Waals surface area contributed by atoms with Crippen LogP contribution >= 0.6 is 0 Å². The smallest absolute Gasteiger partial charge is 0.257 e. The minimum absolute atomic E-state index is 0.0101. The van der Waals surface area contributed by atoms with E-state index in [-0.39, 0.29) is 21.9 Å². The molecule has 0 spiro atoms. The number of anilines is 1. The van der Waals surface area contributed by atoms with Crippen LogP contribution in [0.5, 0.6) is 5.75 Å². The van der Waals surface area contributed by atoms with E-state index in [1.807, 2.05) is 0 Å². The highest BCUT2D eigenvalue weighted by Gasteiger charge is 2.29. The summed E-state index contributed by atoms with van der Waals surface area (Å²) in [6.45, 7) is 4.93. The van der Waals surface area contributed by atoms with Gasteiger partial charge in [-0.15, -0.1) is 4.13 Å². The largest absolute Gasteiger partial charge is 0.495 e. The number of methoxy groups -OCH3 is 1. The first-order valence-electron chi connectivity index (χ1n) is 7.56. The fourth-order valence-corrected chi connectivity index (χ4v) is 5.32. The molecule has 1 amide bonds. The van der Waals surface area contributed by atoms with E-state index in [9.17, 15) is 21.6 Å². The lowest BCUT2D eigenvalue weighted by molar-refractivity contribution is -0.112. The summed E-state index contributed by atoms with van der Waals surface area (Å²) < 4.78 is 57.2. The number of hydrogen-bond donors (Lipinski definition) is 2. The minimum atomic E-state index is -4.53. The second-order valence-corrected chi connectivity index (χ2v) is 9.03. The van der Waals surface area contributed by atoms with Gasteiger partial charge in [0.15, 0.2) is 0 Å². The van der Waals surface area contributed by atoms with Crippen molar-refractivity contribution in [3.63, 3.8) is 0 Å². The molecule has 0 radical (unpaired) electrons. The van der Waals surface area contributed by atoms with Gasteiger partial charge < -0.3 is 10.1 Å². The summed E-state index contributed by atoms with van der Waals surface area (Å²) in [4.78, 5) is 11.1. The van der Waals surface area contributed by atoms with Crippen LogP contribution in [0, 0.1) is 0 Å². The van der Waals surface area contributed by atoms with Crippen molar-refractivity contribution in [3.05, 3.63) is 60.7 Å². The number of amides is 1. The zero-order valence-electron chi connectivity index (χ0n) is 14.6. The number of ether oxygens (including phenoxy) is 1. The third-order valence-corrected chi connectivity index (χ3v) is 7.00. The molecule has 0 saturated carbocycles. The molecule has 2 aromatic carbocycles. The van der Waals surface area contributed by atoms with Gasteiger partial charge in [0.2, 0.25) is 0 Å². The summed E-state index contributed by atoms with van der Waals surface area (Å²) in [7, 11) is -7.73. The minimum Gasteiger partial charge on any atom is -0.495 e. The Balaban J connectivity index is 2.45. The Kier molecular flexibility index (Phi) is 6.04. The number of nitrogens with one attached hydrogen (secondary N) is 2. The molecular weight excluding hydrogens is 392 g/mol. The highest BCUT2D eigenvalue weighted by Crippen LogP contribution is 2.26. The second kappa shape index (κ2) is 7.91. The number of benzene rings is 2. The first-order valence-corrected chi connectivity index (χ1v) is 10.5. The molecule has 0 unspecified atom stereocenters. The molecule has 0 aliphatic carbocycles. The first kappa shape index (κ1) is 20.6. The van der Waals surface area contributed by atoms with Gasteiger partial charge in [0, 0.05) is 5.57 Å². The van der Waals surface area contributed by atoms with E-state index in [4.69, 9.17) is 4.74 Å². The molecule has 2 rings (SSSR count). The summed E-state index contributed by atoms with van der Waals surface area (Å²) in [6.07, 6.45) is 0. The van der Waals surface area contributed by atoms with Gasteiger partial charge in [-0.05, 0) is 31.2 Å². The molecule has 10 heteroatoms. The van der Waals surface area contributed by atoms with E-state index in [1.54, 1.807) is 10.2 Å². The Morgan fingerprint density at radius 2 is 1.44 bits per heavy atom. The zero-order valence-corrected chi connectivity index (χ0v) is 16.2. The molecule has 144 valence electrons. The number of sulfonamides is 2. The molecule has 0 fully saturated rings. The molecular formula is C17H18N2O6S2. The van der Waals surface area contributed by atoms with E-state index in [1.165, 1.54) is 56.5 Å². The zero-order chi connectivity index (χ0) is 20.2. The molecule has 0 aromatic heterocycles. The van der Waals surface area contributed by atoms with Crippen LogP contribution in [0.15, 0.2) is 70.5 Å². The van der Waals surface area contributed by atoms with Crippen molar-refractivity contribution in [2.75, 3.05) is 12.4 Å². The Morgan fingerprint density at radius 1 is 0.926 bits per heavy atom. The average Bonchev–Trinajstić information content (AvgIpc) is 2.61. The third-order valence-electron chi connectivity index (χ3n) is 3.39. The number of para-hydroxylation sites is 2. The number of rotatable bonds is 7. The van der Waals surface area contributed by atoms with Crippen molar-refractivity contribution in [1.29, 1.82) is 0 Å². The highest BCUT2D eigenvalue weighted by molar-refractivity contribution is 8.04. The summed E-state index contributed by atoms with van der Waals surface area (Å²) in [5.74, 6) is -0.602. The van der Waals surface area contributed by atoms with Crippen LogP contribution in [0.2, 0.25) is 0 Å². The first-order chi connectivity index (χ1) is 12.6. The van der Waals surface area contributed by atoms with Crippen LogP contribution in [0.1, 0.15) is 6.92 Å². The van der Waals surface area contributed by atoms with Crippen molar-refractivity contribution in [2.24, 2.45) is 0 Å².